The number of piperazine rings is 1. The Morgan fingerprint density at radius 2 is 1.47 bits per heavy atom. The monoisotopic (exact) mass is 213 g/mol. The molecule has 0 spiro atoms. The Hall–Kier alpha value is -0.120. The van der Waals surface area contributed by atoms with Gasteiger partial charge in [-0.15, -0.1) is 0 Å². The van der Waals surface area contributed by atoms with Gasteiger partial charge in [0.25, 0.3) is 0 Å². The molecule has 3 heteroatoms. The van der Waals surface area contributed by atoms with Gasteiger partial charge in [-0.25, -0.2) is 5.01 Å². The molecule has 1 heterocycles. The van der Waals surface area contributed by atoms with Gasteiger partial charge in [0.15, 0.2) is 0 Å². The molecule has 0 radical (unpaired) electrons. The molecule has 15 heavy (non-hydrogen) atoms. The minimum atomic E-state index is 1.04. The van der Waals surface area contributed by atoms with Gasteiger partial charge in [-0.3, -0.25) is 5.84 Å². The van der Waals surface area contributed by atoms with Crippen LogP contribution in [0.15, 0.2) is 0 Å². The molecule has 0 bridgehead atoms. The summed E-state index contributed by atoms with van der Waals surface area (Å²) in [6, 6.07) is 0. The quantitative estimate of drug-likeness (QED) is 0.517. The van der Waals surface area contributed by atoms with E-state index in [9.17, 15) is 0 Å². The number of hydrazine groups is 1. The Balaban J connectivity index is 1.87. The minimum absolute atomic E-state index is 1.04. The number of nitrogens with zero attached hydrogens (tertiary/aromatic N) is 2. The fourth-order valence-electron chi connectivity index (χ4n) is 2.10. The molecule has 0 saturated carbocycles. The maximum absolute atomic E-state index is 5.71. The molecular weight excluding hydrogens is 186 g/mol. The van der Waals surface area contributed by atoms with Crippen molar-refractivity contribution in [3.8, 4) is 0 Å². The standard InChI is InChI=1S/C12H27N3/c1-2-3-4-5-6-7-8-14-9-11-15(13)12-10-14/h2-13H2,1H3. The molecule has 0 aromatic heterocycles. The van der Waals surface area contributed by atoms with Crippen molar-refractivity contribution in [3.63, 3.8) is 0 Å². The fourth-order valence-corrected chi connectivity index (χ4v) is 2.10. The molecule has 1 aliphatic heterocycles. The number of nitrogens with two attached hydrogens (primary N) is 1. The molecule has 0 unspecified atom stereocenters. The van der Waals surface area contributed by atoms with E-state index in [2.05, 4.69) is 11.8 Å². The molecule has 2 N–H and O–H groups in total. The first-order chi connectivity index (χ1) is 7.33. The zero-order chi connectivity index (χ0) is 10.9. The SMILES string of the molecule is CCCCCCCCN1CCN(N)CC1. The van der Waals surface area contributed by atoms with Gasteiger partial charge in [0.05, 0.1) is 0 Å². The van der Waals surface area contributed by atoms with Crippen molar-refractivity contribution in [2.75, 3.05) is 32.7 Å². The molecule has 1 rings (SSSR count). The van der Waals surface area contributed by atoms with Gasteiger partial charge >= 0.3 is 0 Å². The van der Waals surface area contributed by atoms with E-state index in [1.54, 1.807) is 0 Å². The van der Waals surface area contributed by atoms with Crippen LogP contribution in [0.2, 0.25) is 0 Å². The average molecular weight is 213 g/mol. The number of unbranched alkanes of at least 4 members (excludes halogenated alkanes) is 5. The zero-order valence-corrected chi connectivity index (χ0v) is 10.2. The maximum Gasteiger partial charge on any atom is 0.0257 e. The van der Waals surface area contributed by atoms with Gasteiger partial charge in [-0.05, 0) is 13.0 Å². The van der Waals surface area contributed by atoms with Crippen LogP contribution in [0, 0.1) is 0 Å². The second kappa shape index (κ2) is 8.08. The first-order valence-electron chi connectivity index (χ1n) is 6.55. The summed E-state index contributed by atoms with van der Waals surface area (Å²) in [7, 11) is 0. The van der Waals surface area contributed by atoms with Crippen LogP contribution in [0.4, 0.5) is 0 Å². The second-order valence-corrected chi connectivity index (χ2v) is 4.65. The highest BCUT2D eigenvalue weighted by Crippen LogP contribution is 2.06. The van der Waals surface area contributed by atoms with E-state index in [0.717, 1.165) is 26.2 Å². The average Bonchev–Trinajstić information content (AvgIpc) is 2.26. The zero-order valence-electron chi connectivity index (χ0n) is 10.2. The lowest BCUT2D eigenvalue weighted by molar-refractivity contribution is 0.132. The van der Waals surface area contributed by atoms with Crippen molar-refractivity contribution < 1.29 is 0 Å². The van der Waals surface area contributed by atoms with Crippen LogP contribution in [0.5, 0.6) is 0 Å². The van der Waals surface area contributed by atoms with Gasteiger partial charge in [-0.1, -0.05) is 39.0 Å². The first-order valence-corrected chi connectivity index (χ1v) is 6.55. The van der Waals surface area contributed by atoms with E-state index >= 15 is 0 Å². The van der Waals surface area contributed by atoms with Crippen LogP contribution in [0.1, 0.15) is 45.4 Å². The van der Waals surface area contributed by atoms with E-state index in [0.29, 0.717) is 0 Å². The summed E-state index contributed by atoms with van der Waals surface area (Å²) in [5.74, 6) is 5.71. The maximum atomic E-state index is 5.71. The Labute approximate surface area is 94.6 Å². The molecule has 0 amide bonds. The lowest BCUT2D eigenvalue weighted by atomic mass is 10.1. The second-order valence-electron chi connectivity index (χ2n) is 4.65. The largest absolute Gasteiger partial charge is 0.301 e. The number of hydrogen-bond donors (Lipinski definition) is 1. The Morgan fingerprint density at radius 1 is 0.867 bits per heavy atom. The van der Waals surface area contributed by atoms with Crippen molar-refractivity contribution in [1.82, 2.24) is 9.91 Å². The number of hydrogen-bond acceptors (Lipinski definition) is 3. The summed E-state index contributed by atoms with van der Waals surface area (Å²) in [6.07, 6.45) is 8.37. The molecular formula is C12H27N3. The molecule has 90 valence electrons. The smallest absolute Gasteiger partial charge is 0.0257 e. The Bertz CT molecular complexity index is 142. The number of rotatable bonds is 7. The minimum Gasteiger partial charge on any atom is -0.301 e. The van der Waals surface area contributed by atoms with E-state index < -0.39 is 0 Å². The molecule has 0 atom stereocenters. The lowest BCUT2D eigenvalue weighted by Gasteiger charge is -2.31. The van der Waals surface area contributed by atoms with Gasteiger partial charge in [0.1, 0.15) is 0 Å². The highest BCUT2D eigenvalue weighted by molar-refractivity contribution is 4.67. The topological polar surface area (TPSA) is 32.5 Å². The molecule has 1 saturated heterocycles. The van der Waals surface area contributed by atoms with E-state index in [1.165, 1.54) is 45.1 Å². The predicted molar refractivity (Wildman–Crippen MR) is 65.6 cm³/mol. The molecule has 3 nitrogen and oxygen atoms in total. The third-order valence-electron chi connectivity index (χ3n) is 3.23. The van der Waals surface area contributed by atoms with Crippen LogP contribution in [0.3, 0.4) is 0 Å². The summed E-state index contributed by atoms with van der Waals surface area (Å²) in [6.45, 7) is 7.94. The molecule has 1 fully saturated rings. The highest BCUT2D eigenvalue weighted by Gasteiger charge is 2.12. The molecule has 0 aliphatic carbocycles. The summed E-state index contributed by atoms with van der Waals surface area (Å²) in [4.78, 5) is 2.54. The van der Waals surface area contributed by atoms with Crippen LogP contribution in [-0.4, -0.2) is 42.6 Å². The van der Waals surface area contributed by atoms with Crippen LogP contribution in [-0.2, 0) is 0 Å². The fraction of sp³-hybridized carbons (Fsp3) is 1.00. The molecule has 1 aliphatic rings. The van der Waals surface area contributed by atoms with Crippen LogP contribution in [0.25, 0.3) is 0 Å². The first kappa shape index (κ1) is 12.9. The van der Waals surface area contributed by atoms with Crippen molar-refractivity contribution in [2.45, 2.75) is 45.4 Å². The van der Waals surface area contributed by atoms with Crippen molar-refractivity contribution in [2.24, 2.45) is 5.84 Å². The van der Waals surface area contributed by atoms with E-state index in [4.69, 9.17) is 5.84 Å². The van der Waals surface area contributed by atoms with Crippen LogP contribution >= 0.6 is 0 Å². The van der Waals surface area contributed by atoms with E-state index in [1.807, 2.05) is 5.01 Å². The van der Waals surface area contributed by atoms with Gasteiger partial charge in [-0.2, -0.15) is 0 Å². The Kier molecular flexibility index (Phi) is 6.98. The van der Waals surface area contributed by atoms with Crippen LogP contribution < -0.4 is 5.84 Å². The normalized spacial score (nSPS) is 19.6. The third kappa shape index (κ3) is 6.13. The van der Waals surface area contributed by atoms with Gasteiger partial charge < -0.3 is 4.90 Å². The summed E-state index contributed by atoms with van der Waals surface area (Å²) in [5, 5.41) is 1.93. The summed E-state index contributed by atoms with van der Waals surface area (Å²) < 4.78 is 0. The van der Waals surface area contributed by atoms with E-state index in [-0.39, 0.29) is 0 Å². The summed E-state index contributed by atoms with van der Waals surface area (Å²) in [5.41, 5.74) is 0. The third-order valence-corrected chi connectivity index (χ3v) is 3.23. The molecule has 0 aromatic carbocycles. The van der Waals surface area contributed by atoms with Gasteiger partial charge in [0.2, 0.25) is 0 Å². The van der Waals surface area contributed by atoms with Crippen molar-refractivity contribution in [3.05, 3.63) is 0 Å². The van der Waals surface area contributed by atoms with Crippen molar-refractivity contribution in [1.29, 1.82) is 0 Å². The lowest BCUT2D eigenvalue weighted by Crippen LogP contribution is -2.49. The van der Waals surface area contributed by atoms with Gasteiger partial charge in [0, 0.05) is 26.2 Å². The molecule has 0 aromatic rings. The highest BCUT2D eigenvalue weighted by atomic mass is 15.4. The Morgan fingerprint density at radius 3 is 2.13 bits per heavy atom. The predicted octanol–water partition coefficient (Wildman–Crippen LogP) is 1.84. The van der Waals surface area contributed by atoms with Crippen molar-refractivity contribution >= 4 is 0 Å². The summed E-state index contributed by atoms with van der Waals surface area (Å²) >= 11 is 0.